The molecule has 0 fully saturated rings. The molecule has 1 amide bonds. The van der Waals surface area contributed by atoms with Crippen molar-refractivity contribution in [2.75, 3.05) is 18.9 Å². The summed E-state index contributed by atoms with van der Waals surface area (Å²) in [5.41, 5.74) is 5.75. The Morgan fingerprint density at radius 1 is 0.875 bits per heavy atom. The summed E-state index contributed by atoms with van der Waals surface area (Å²) < 4.78 is 1.87. The van der Waals surface area contributed by atoms with E-state index >= 15 is 0 Å². The van der Waals surface area contributed by atoms with E-state index in [4.69, 9.17) is 0 Å². The molecular weight excluding hydrogens is 396 g/mol. The molecule has 0 atom stereocenters. The summed E-state index contributed by atoms with van der Waals surface area (Å²) in [4.78, 5) is 15.1. The minimum absolute atomic E-state index is 0.0163. The zero-order chi connectivity index (χ0) is 22.5. The van der Waals surface area contributed by atoms with Crippen molar-refractivity contribution in [3.05, 3.63) is 114 Å². The number of hydrogen-bond donors (Lipinski definition) is 1. The van der Waals surface area contributed by atoms with Crippen LogP contribution in [-0.4, -0.2) is 34.2 Å². The van der Waals surface area contributed by atoms with Crippen LogP contribution in [0, 0.1) is 13.8 Å². The molecule has 0 saturated heterocycles. The fourth-order valence-electron chi connectivity index (χ4n) is 4.11. The van der Waals surface area contributed by atoms with Crippen molar-refractivity contribution in [1.29, 1.82) is 0 Å². The molecule has 5 nitrogen and oxygen atoms in total. The molecule has 1 aromatic heterocycles. The van der Waals surface area contributed by atoms with Crippen LogP contribution in [0.5, 0.6) is 0 Å². The summed E-state index contributed by atoms with van der Waals surface area (Å²) >= 11 is 0. The van der Waals surface area contributed by atoms with Crippen LogP contribution in [-0.2, 0) is 4.79 Å². The second-order valence-corrected chi connectivity index (χ2v) is 7.98. The van der Waals surface area contributed by atoms with E-state index in [-0.39, 0.29) is 18.5 Å². The second kappa shape index (κ2) is 9.62. The number of anilines is 1. The number of carbonyl (C=O) groups is 1. The summed E-state index contributed by atoms with van der Waals surface area (Å²) in [6, 6.07) is 30.5. The Morgan fingerprint density at radius 2 is 1.38 bits per heavy atom. The highest BCUT2D eigenvalue weighted by Crippen LogP contribution is 2.28. The molecule has 1 heterocycles. The van der Waals surface area contributed by atoms with Gasteiger partial charge in [0.15, 0.2) is 0 Å². The van der Waals surface area contributed by atoms with Crippen molar-refractivity contribution < 1.29 is 4.79 Å². The van der Waals surface area contributed by atoms with E-state index in [1.165, 1.54) is 0 Å². The van der Waals surface area contributed by atoms with Crippen LogP contribution in [0.4, 0.5) is 5.69 Å². The van der Waals surface area contributed by atoms with Gasteiger partial charge < -0.3 is 5.32 Å². The molecule has 3 aromatic carbocycles. The first-order chi connectivity index (χ1) is 15.5. The van der Waals surface area contributed by atoms with E-state index in [9.17, 15) is 4.79 Å². The van der Waals surface area contributed by atoms with Gasteiger partial charge in [-0.05, 0) is 44.2 Å². The molecular formula is C27H28N4O. The van der Waals surface area contributed by atoms with Crippen LogP contribution in [0.1, 0.15) is 28.6 Å². The van der Waals surface area contributed by atoms with Crippen LogP contribution < -0.4 is 5.32 Å². The predicted molar refractivity (Wildman–Crippen MR) is 129 cm³/mol. The van der Waals surface area contributed by atoms with Crippen molar-refractivity contribution in [3.63, 3.8) is 0 Å². The van der Waals surface area contributed by atoms with Crippen LogP contribution in [0.3, 0.4) is 0 Å². The molecule has 0 spiro atoms. The van der Waals surface area contributed by atoms with E-state index in [2.05, 4.69) is 39.6 Å². The molecule has 0 saturated carbocycles. The Labute approximate surface area is 189 Å². The standard InChI is InChI=1S/C27H28N4O/c1-20-26(21(2)31(29-20)24-17-11-6-12-18-24)28-25(32)19-30(3)27(22-13-7-4-8-14-22)23-15-9-5-10-16-23/h4-18,27H,19H2,1-3H3,(H,28,32). The largest absolute Gasteiger partial charge is 0.322 e. The van der Waals surface area contributed by atoms with Crippen molar-refractivity contribution in [2.24, 2.45) is 0 Å². The number of nitrogens with one attached hydrogen (secondary N) is 1. The highest BCUT2D eigenvalue weighted by molar-refractivity contribution is 5.93. The highest BCUT2D eigenvalue weighted by atomic mass is 16.2. The first-order valence-corrected chi connectivity index (χ1v) is 10.8. The van der Waals surface area contributed by atoms with Crippen LogP contribution in [0.15, 0.2) is 91.0 Å². The lowest BCUT2D eigenvalue weighted by Gasteiger charge is -2.28. The predicted octanol–water partition coefficient (Wildman–Crippen LogP) is 5.15. The minimum atomic E-state index is -0.0665. The van der Waals surface area contributed by atoms with E-state index in [1.807, 2.05) is 92.3 Å². The normalized spacial score (nSPS) is 11.2. The smallest absolute Gasteiger partial charge is 0.238 e. The third-order valence-corrected chi connectivity index (χ3v) is 5.62. The maximum absolute atomic E-state index is 13.1. The van der Waals surface area contributed by atoms with Gasteiger partial charge in [-0.2, -0.15) is 5.10 Å². The summed E-state index contributed by atoms with van der Waals surface area (Å²) in [6.07, 6.45) is 0. The van der Waals surface area contributed by atoms with Crippen molar-refractivity contribution >= 4 is 11.6 Å². The second-order valence-electron chi connectivity index (χ2n) is 7.98. The van der Waals surface area contributed by atoms with Gasteiger partial charge in [-0.25, -0.2) is 4.68 Å². The van der Waals surface area contributed by atoms with Gasteiger partial charge >= 0.3 is 0 Å². The van der Waals surface area contributed by atoms with Crippen molar-refractivity contribution in [3.8, 4) is 5.69 Å². The zero-order valence-electron chi connectivity index (χ0n) is 18.7. The molecule has 162 valence electrons. The van der Waals surface area contributed by atoms with E-state index in [0.717, 1.165) is 33.9 Å². The molecule has 4 rings (SSSR count). The summed E-state index contributed by atoms with van der Waals surface area (Å²) in [5, 5.41) is 7.72. The number of aromatic nitrogens is 2. The number of carbonyl (C=O) groups excluding carboxylic acids is 1. The molecule has 0 bridgehead atoms. The molecule has 0 aliphatic heterocycles. The Bertz CT molecular complexity index is 1130. The molecule has 0 unspecified atom stereocenters. The fourth-order valence-corrected chi connectivity index (χ4v) is 4.11. The van der Waals surface area contributed by atoms with Gasteiger partial charge in [-0.15, -0.1) is 0 Å². The summed E-state index contributed by atoms with van der Waals surface area (Å²) in [5.74, 6) is -0.0665. The Kier molecular flexibility index (Phi) is 6.47. The van der Waals surface area contributed by atoms with Gasteiger partial charge in [0.25, 0.3) is 0 Å². The number of nitrogens with zero attached hydrogens (tertiary/aromatic N) is 3. The summed E-state index contributed by atoms with van der Waals surface area (Å²) in [6.45, 7) is 4.15. The van der Waals surface area contributed by atoms with Crippen molar-refractivity contribution in [2.45, 2.75) is 19.9 Å². The molecule has 0 radical (unpaired) electrons. The van der Waals surface area contributed by atoms with Gasteiger partial charge in [0, 0.05) is 0 Å². The van der Waals surface area contributed by atoms with Gasteiger partial charge in [0.2, 0.25) is 5.91 Å². The monoisotopic (exact) mass is 424 g/mol. The quantitative estimate of drug-likeness (QED) is 0.446. The Morgan fingerprint density at radius 3 is 1.91 bits per heavy atom. The Balaban J connectivity index is 1.54. The Hall–Kier alpha value is -3.70. The van der Waals surface area contributed by atoms with Gasteiger partial charge in [-0.1, -0.05) is 78.9 Å². The third-order valence-electron chi connectivity index (χ3n) is 5.62. The molecule has 32 heavy (non-hydrogen) atoms. The van der Waals surface area contributed by atoms with Gasteiger partial charge in [-0.3, -0.25) is 9.69 Å². The lowest BCUT2D eigenvalue weighted by Crippen LogP contribution is -2.34. The van der Waals surface area contributed by atoms with E-state index < -0.39 is 0 Å². The number of likely N-dealkylation sites (N-methyl/N-ethyl adjacent to an activating group) is 1. The number of para-hydroxylation sites is 1. The molecule has 4 aromatic rings. The van der Waals surface area contributed by atoms with Crippen LogP contribution >= 0.6 is 0 Å². The maximum Gasteiger partial charge on any atom is 0.238 e. The molecule has 0 aliphatic rings. The lowest BCUT2D eigenvalue weighted by molar-refractivity contribution is -0.117. The number of hydrogen-bond acceptors (Lipinski definition) is 3. The fraction of sp³-hybridized carbons (Fsp3) is 0.185. The number of aryl methyl sites for hydroxylation is 1. The molecule has 0 aliphatic carbocycles. The first-order valence-electron chi connectivity index (χ1n) is 10.8. The maximum atomic E-state index is 13.1. The third kappa shape index (κ3) is 4.63. The summed E-state index contributed by atoms with van der Waals surface area (Å²) in [7, 11) is 1.98. The van der Waals surface area contributed by atoms with E-state index in [1.54, 1.807) is 0 Å². The number of rotatable bonds is 7. The van der Waals surface area contributed by atoms with Gasteiger partial charge in [0.1, 0.15) is 0 Å². The SMILES string of the molecule is Cc1nn(-c2ccccc2)c(C)c1NC(=O)CN(C)C(c1ccccc1)c1ccccc1. The molecule has 1 N–H and O–H groups in total. The highest BCUT2D eigenvalue weighted by Gasteiger charge is 2.22. The molecule has 5 heteroatoms. The number of benzene rings is 3. The van der Waals surface area contributed by atoms with Gasteiger partial charge in [0.05, 0.1) is 35.3 Å². The van der Waals surface area contributed by atoms with Crippen LogP contribution in [0.2, 0.25) is 0 Å². The van der Waals surface area contributed by atoms with E-state index in [0.29, 0.717) is 0 Å². The lowest BCUT2D eigenvalue weighted by atomic mass is 9.97. The average Bonchev–Trinajstić information content (AvgIpc) is 3.09. The van der Waals surface area contributed by atoms with Crippen LogP contribution in [0.25, 0.3) is 5.69 Å². The minimum Gasteiger partial charge on any atom is -0.322 e. The first kappa shape index (κ1) is 21.5. The topological polar surface area (TPSA) is 50.2 Å². The van der Waals surface area contributed by atoms with Crippen molar-refractivity contribution in [1.82, 2.24) is 14.7 Å². The average molecular weight is 425 g/mol. The number of amides is 1. The zero-order valence-corrected chi connectivity index (χ0v) is 18.7.